The molecule has 1 aromatic carbocycles. The topological polar surface area (TPSA) is 41.4 Å². The van der Waals surface area contributed by atoms with Crippen LogP contribution in [0.1, 0.15) is 43.5 Å². The summed E-state index contributed by atoms with van der Waals surface area (Å²) >= 11 is 6.48. The Morgan fingerprint density at radius 3 is 2.66 bits per heavy atom. The number of amides is 1. The molecule has 0 aliphatic carbocycles. The van der Waals surface area contributed by atoms with Crippen molar-refractivity contribution in [2.24, 2.45) is 5.92 Å². The SMILES string of the molecule is Cc1nn(CC(C)C)c(Cl)c1C=CC(=O)N(C)Cc1ccccc1N1CCCC1. The number of para-hydroxylation sites is 1. The number of likely N-dealkylation sites (N-methyl/N-ethyl adjacent to an activating group) is 1. The first kappa shape index (κ1) is 21.4. The third-order valence-electron chi connectivity index (χ3n) is 5.26. The van der Waals surface area contributed by atoms with E-state index in [-0.39, 0.29) is 5.91 Å². The van der Waals surface area contributed by atoms with Crippen molar-refractivity contribution in [2.45, 2.75) is 46.7 Å². The molecule has 1 amide bonds. The summed E-state index contributed by atoms with van der Waals surface area (Å²) in [5, 5.41) is 5.09. The number of aromatic nitrogens is 2. The molecule has 0 bridgehead atoms. The van der Waals surface area contributed by atoms with E-state index in [1.807, 2.05) is 24.7 Å². The third-order valence-corrected chi connectivity index (χ3v) is 5.66. The van der Waals surface area contributed by atoms with Crippen molar-refractivity contribution < 1.29 is 4.79 Å². The van der Waals surface area contributed by atoms with E-state index in [2.05, 4.69) is 42.0 Å². The first-order chi connectivity index (χ1) is 13.9. The van der Waals surface area contributed by atoms with E-state index < -0.39 is 0 Å². The minimum Gasteiger partial charge on any atom is -0.371 e. The van der Waals surface area contributed by atoms with Crippen LogP contribution in [-0.4, -0.2) is 40.7 Å². The second-order valence-electron chi connectivity index (χ2n) is 8.22. The van der Waals surface area contributed by atoms with Gasteiger partial charge in [0, 0.05) is 50.6 Å². The fourth-order valence-electron chi connectivity index (χ4n) is 3.75. The predicted octanol–water partition coefficient (Wildman–Crippen LogP) is 4.77. The summed E-state index contributed by atoms with van der Waals surface area (Å²) in [4.78, 5) is 16.9. The van der Waals surface area contributed by atoms with Crippen molar-refractivity contribution in [3.8, 4) is 0 Å². The molecule has 1 saturated heterocycles. The van der Waals surface area contributed by atoms with Crippen LogP contribution in [0.4, 0.5) is 5.69 Å². The van der Waals surface area contributed by atoms with E-state index in [0.29, 0.717) is 17.6 Å². The second-order valence-corrected chi connectivity index (χ2v) is 8.57. The van der Waals surface area contributed by atoms with Gasteiger partial charge in [0.05, 0.1) is 5.69 Å². The predicted molar refractivity (Wildman–Crippen MR) is 120 cm³/mol. The van der Waals surface area contributed by atoms with Gasteiger partial charge in [-0.25, -0.2) is 0 Å². The minimum atomic E-state index is -0.0479. The number of rotatable bonds is 7. The molecule has 3 rings (SSSR count). The minimum absolute atomic E-state index is 0.0479. The van der Waals surface area contributed by atoms with Crippen LogP contribution in [0.15, 0.2) is 30.3 Å². The van der Waals surface area contributed by atoms with Crippen LogP contribution in [0.25, 0.3) is 6.08 Å². The van der Waals surface area contributed by atoms with Gasteiger partial charge >= 0.3 is 0 Å². The molecule has 0 unspecified atom stereocenters. The van der Waals surface area contributed by atoms with Gasteiger partial charge in [-0.15, -0.1) is 0 Å². The Bertz CT molecular complexity index is 881. The molecule has 156 valence electrons. The van der Waals surface area contributed by atoms with Gasteiger partial charge in [0.2, 0.25) is 5.91 Å². The lowest BCUT2D eigenvalue weighted by Crippen LogP contribution is -2.26. The molecule has 5 nitrogen and oxygen atoms in total. The number of aryl methyl sites for hydroxylation is 1. The van der Waals surface area contributed by atoms with E-state index in [9.17, 15) is 4.79 Å². The van der Waals surface area contributed by atoms with Gasteiger partial charge in [-0.1, -0.05) is 43.6 Å². The molecular weight excluding hydrogens is 384 g/mol. The molecule has 0 spiro atoms. The average Bonchev–Trinajstić information content (AvgIpc) is 3.29. The molecule has 1 aromatic heterocycles. The van der Waals surface area contributed by atoms with Gasteiger partial charge in [0.1, 0.15) is 5.15 Å². The van der Waals surface area contributed by atoms with Gasteiger partial charge in [0.15, 0.2) is 0 Å². The van der Waals surface area contributed by atoms with Crippen LogP contribution in [-0.2, 0) is 17.9 Å². The standard InChI is InChI=1S/C23H31ClN4O/c1-17(2)15-28-23(24)20(18(3)25-28)11-12-22(29)26(4)16-19-9-5-6-10-21(19)27-13-7-8-14-27/h5-6,9-12,17H,7-8,13-16H2,1-4H3. The largest absolute Gasteiger partial charge is 0.371 e. The number of halogens is 1. The molecule has 1 aliphatic rings. The fraction of sp³-hybridized carbons (Fsp3) is 0.478. The zero-order valence-corrected chi connectivity index (χ0v) is 18.6. The van der Waals surface area contributed by atoms with Crippen molar-refractivity contribution in [2.75, 3.05) is 25.0 Å². The number of nitrogens with zero attached hydrogens (tertiary/aromatic N) is 4. The highest BCUT2D eigenvalue weighted by Gasteiger charge is 2.17. The number of carbonyl (C=O) groups is 1. The summed E-state index contributed by atoms with van der Waals surface area (Å²) in [6, 6.07) is 8.37. The maximum Gasteiger partial charge on any atom is 0.246 e. The highest BCUT2D eigenvalue weighted by molar-refractivity contribution is 6.31. The molecule has 1 fully saturated rings. The molecule has 2 aromatic rings. The van der Waals surface area contributed by atoms with Gasteiger partial charge in [0.25, 0.3) is 0 Å². The normalized spacial score (nSPS) is 14.3. The summed E-state index contributed by atoms with van der Waals surface area (Å²) < 4.78 is 1.81. The van der Waals surface area contributed by atoms with Crippen LogP contribution >= 0.6 is 11.6 Å². The van der Waals surface area contributed by atoms with Crippen LogP contribution in [0.2, 0.25) is 5.15 Å². The number of carbonyl (C=O) groups excluding carboxylic acids is 1. The van der Waals surface area contributed by atoms with E-state index in [1.165, 1.54) is 24.1 Å². The Hall–Kier alpha value is -2.27. The number of hydrogen-bond acceptors (Lipinski definition) is 3. The first-order valence-corrected chi connectivity index (χ1v) is 10.7. The van der Waals surface area contributed by atoms with Gasteiger partial charge in [-0.2, -0.15) is 5.10 Å². The maximum absolute atomic E-state index is 12.7. The summed E-state index contributed by atoms with van der Waals surface area (Å²) in [7, 11) is 1.84. The third kappa shape index (κ3) is 5.21. The van der Waals surface area contributed by atoms with Crippen LogP contribution in [0.5, 0.6) is 0 Å². The number of hydrogen-bond donors (Lipinski definition) is 0. The molecule has 1 aliphatic heterocycles. The van der Waals surface area contributed by atoms with Crippen LogP contribution < -0.4 is 4.90 Å². The Balaban J connectivity index is 1.70. The molecule has 0 saturated carbocycles. The fourth-order valence-corrected chi connectivity index (χ4v) is 4.06. The van der Waals surface area contributed by atoms with Crippen molar-refractivity contribution in [3.63, 3.8) is 0 Å². The van der Waals surface area contributed by atoms with E-state index in [0.717, 1.165) is 30.9 Å². The van der Waals surface area contributed by atoms with Crippen LogP contribution in [0, 0.1) is 12.8 Å². The number of anilines is 1. The van der Waals surface area contributed by atoms with Crippen molar-refractivity contribution >= 4 is 29.3 Å². The summed E-state index contributed by atoms with van der Waals surface area (Å²) in [6.45, 7) is 9.69. The monoisotopic (exact) mass is 414 g/mol. The smallest absolute Gasteiger partial charge is 0.246 e. The van der Waals surface area contributed by atoms with Crippen molar-refractivity contribution in [3.05, 3.63) is 52.3 Å². The molecule has 0 radical (unpaired) electrons. The highest BCUT2D eigenvalue weighted by Crippen LogP contribution is 2.26. The quantitative estimate of drug-likeness (QED) is 0.612. The summed E-state index contributed by atoms with van der Waals surface area (Å²) in [6.07, 6.45) is 5.84. The Morgan fingerprint density at radius 1 is 1.28 bits per heavy atom. The molecule has 2 heterocycles. The molecule has 0 atom stereocenters. The molecule has 29 heavy (non-hydrogen) atoms. The summed E-state index contributed by atoms with van der Waals surface area (Å²) in [5.41, 5.74) is 4.06. The van der Waals surface area contributed by atoms with E-state index in [1.54, 1.807) is 17.1 Å². The lowest BCUT2D eigenvalue weighted by Gasteiger charge is -2.24. The second kappa shape index (κ2) is 9.49. The number of benzene rings is 1. The lowest BCUT2D eigenvalue weighted by molar-refractivity contribution is -0.125. The summed E-state index contributed by atoms with van der Waals surface area (Å²) in [5.74, 6) is 0.403. The average molecular weight is 415 g/mol. The lowest BCUT2D eigenvalue weighted by atomic mass is 10.1. The van der Waals surface area contributed by atoms with Gasteiger partial charge < -0.3 is 9.80 Å². The first-order valence-electron chi connectivity index (χ1n) is 10.4. The van der Waals surface area contributed by atoms with Gasteiger partial charge in [-0.05, 0) is 43.4 Å². The van der Waals surface area contributed by atoms with E-state index in [4.69, 9.17) is 11.6 Å². The van der Waals surface area contributed by atoms with Crippen LogP contribution in [0.3, 0.4) is 0 Å². The Kier molecular flexibility index (Phi) is 7.01. The van der Waals surface area contributed by atoms with Crippen molar-refractivity contribution in [1.29, 1.82) is 0 Å². The van der Waals surface area contributed by atoms with Gasteiger partial charge in [-0.3, -0.25) is 9.48 Å². The Labute approximate surface area is 178 Å². The molecule has 0 N–H and O–H groups in total. The van der Waals surface area contributed by atoms with Crippen molar-refractivity contribution in [1.82, 2.24) is 14.7 Å². The molecule has 6 heteroatoms. The highest BCUT2D eigenvalue weighted by atomic mass is 35.5. The maximum atomic E-state index is 12.7. The zero-order valence-electron chi connectivity index (χ0n) is 17.9. The zero-order chi connectivity index (χ0) is 21.0. The van der Waals surface area contributed by atoms with E-state index >= 15 is 0 Å². The molecular formula is C23H31ClN4O. The Morgan fingerprint density at radius 2 is 1.97 bits per heavy atom.